The maximum atomic E-state index is 5.34. The van der Waals surface area contributed by atoms with Gasteiger partial charge in [0.15, 0.2) is 0 Å². The molecule has 2 atom stereocenters. The first-order valence-electron chi connectivity index (χ1n) is 3.81. The Kier molecular flexibility index (Phi) is 3.12. The fraction of sp³-hybridized carbons (Fsp3) is 1.00. The fourth-order valence-corrected chi connectivity index (χ4v) is 1.25. The van der Waals surface area contributed by atoms with E-state index < -0.39 is 0 Å². The highest BCUT2D eigenvalue weighted by Gasteiger charge is 2.16. The van der Waals surface area contributed by atoms with E-state index in [0.717, 1.165) is 19.8 Å². The molecule has 0 aliphatic carbocycles. The van der Waals surface area contributed by atoms with Crippen LogP contribution in [-0.4, -0.2) is 38.9 Å². The number of hydrogen-bond acceptors (Lipinski definition) is 3. The highest BCUT2D eigenvalue weighted by atomic mass is 16.5. The van der Waals surface area contributed by atoms with Gasteiger partial charge in [-0.25, -0.2) is 0 Å². The molecule has 0 aromatic heterocycles. The van der Waals surface area contributed by atoms with Gasteiger partial charge in [-0.15, -0.1) is 0 Å². The van der Waals surface area contributed by atoms with Gasteiger partial charge in [0.2, 0.25) is 0 Å². The number of rotatable bonds is 2. The summed E-state index contributed by atoms with van der Waals surface area (Å²) < 4.78 is 5.34. The van der Waals surface area contributed by atoms with Gasteiger partial charge in [-0.05, 0) is 14.0 Å². The van der Waals surface area contributed by atoms with Crippen molar-refractivity contribution in [2.45, 2.75) is 19.0 Å². The van der Waals surface area contributed by atoms with E-state index in [-0.39, 0.29) is 0 Å². The molecular weight excluding hydrogens is 128 g/mol. The summed E-state index contributed by atoms with van der Waals surface area (Å²) in [5.74, 6) is 0. The number of morpholine rings is 1. The molecule has 0 radical (unpaired) electrons. The Hall–Kier alpha value is -0.120. The van der Waals surface area contributed by atoms with Crippen LogP contribution in [0.5, 0.6) is 0 Å². The van der Waals surface area contributed by atoms with Crippen molar-refractivity contribution >= 4 is 0 Å². The van der Waals surface area contributed by atoms with Gasteiger partial charge >= 0.3 is 0 Å². The third-order valence-corrected chi connectivity index (χ3v) is 1.66. The third kappa shape index (κ3) is 2.25. The normalized spacial score (nSPS) is 34.2. The summed E-state index contributed by atoms with van der Waals surface area (Å²) in [5.41, 5.74) is 0. The number of ether oxygens (including phenoxy) is 1. The lowest BCUT2D eigenvalue weighted by atomic mass is 10.2. The Morgan fingerprint density at radius 1 is 1.60 bits per heavy atom. The highest BCUT2D eigenvalue weighted by molar-refractivity contribution is 4.76. The molecule has 2 unspecified atom stereocenters. The van der Waals surface area contributed by atoms with Gasteiger partial charge in [-0.1, -0.05) is 0 Å². The zero-order chi connectivity index (χ0) is 7.40. The SMILES string of the molecule is CNCC1COCC(C)N1. The van der Waals surface area contributed by atoms with Crippen molar-refractivity contribution in [1.82, 2.24) is 10.6 Å². The van der Waals surface area contributed by atoms with E-state index >= 15 is 0 Å². The zero-order valence-corrected chi connectivity index (χ0v) is 6.68. The van der Waals surface area contributed by atoms with Crippen LogP contribution >= 0.6 is 0 Å². The lowest BCUT2D eigenvalue weighted by Gasteiger charge is -2.28. The maximum Gasteiger partial charge on any atom is 0.0632 e. The first kappa shape index (κ1) is 7.98. The minimum Gasteiger partial charge on any atom is -0.378 e. The molecule has 10 heavy (non-hydrogen) atoms. The Labute approximate surface area is 62.1 Å². The van der Waals surface area contributed by atoms with Crippen LogP contribution < -0.4 is 10.6 Å². The largest absolute Gasteiger partial charge is 0.378 e. The van der Waals surface area contributed by atoms with Crippen molar-refractivity contribution in [2.24, 2.45) is 0 Å². The molecule has 1 aliphatic rings. The Balaban J connectivity index is 2.18. The molecule has 0 aromatic carbocycles. The van der Waals surface area contributed by atoms with Crippen molar-refractivity contribution in [2.75, 3.05) is 26.8 Å². The predicted octanol–water partition coefficient (Wildman–Crippen LogP) is -0.417. The molecular formula is C7H16N2O. The quantitative estimate of drug-likeness (QED) is 0.552. The Bertz CT molecular complexity index is 95.6. The van der Waals surface area contributed by atoms with Gasteiger partial charge in [0, 0.05) is 18.6 Å². The van der Waals surface area contributed by atoms with Crippen molar-refractivity contribution in [1.29, 1.82) is 0 Å². The summed E-state index contributed by atoms with van der Waals surface area (Å²) in [6.45, 7) is 4.82. The van der Waals surface area contributed by atoms with Crippen molar-refractivity contribution in [3.05, 3.63) is 0 Å². The van der Waals surface area contributed by atoms with Gasteiger partial charge in [0.1, 0.15) is 0 Å². The van der Waals surface area contributed by atoms with Crippen molar-refractivity contribution in [3.8, 4) is 0 Å². The van der Waals surface area contributed by atoms with E-state index in [1.807, 2.05) is 7.05 Å². The van der Waals surface area contributed by atoms with Gasteiger partial charge in [0.05, 0.1) is 13.2 Å². The monoisotopic (exact) mass is 144 g/mol. The van der Waals surface area contributed by atoms with Crippen LogP contribution in [0.15, 0.2) is 0 Å². The molecule has 3 nitrogen and oxygen atoms in total. The number of hydrogen-bond donors (Lipinski definition) is 2. The van der Waals surface area contributed by atoms with Crippen LogP contribution in [0.4, 0.5) is 0 Å². The average molecular weight is 144 g/mol. The fourth-order valence-electron chi connectivity index (χ4n) is 1.25. The third-order valence-electron chi connectivity index (χ3n) is 1.66. The molecule has 0 aromatic rings. The Morgan fingerprint density at radius 3 is 3.00 bits per heavy atom. The molecule has 1 saturated heterocycles. The summed E-state index contributed by atoms with van der Waals surface area (Å²) in [5, 5.41) is 6.55. The summed E-state index contributed by atoms with van der Waals surface area (Å²) in [6.07, 6.45) is 0. The van der Waals surface area contributed by atoms with Crippen molar-refractivity contribution < 1.29 is 4.74 Å². The molecule has 1 heterocycles. The molecule has 0 spiro atoms. The van der Waals surface area contributed by atoms with Crippen molar-refractivity contribution in [3.63, 3.8) is 0 Å². The van der Waals surface area contributed by atoms with Gasteiger partial charge in [-0.2, -0.15) is 0 Å². The smallest absolute Gasteiger partial charge is 0.0632 e. The second-order valence-electron chi connectivity index (χ2n) is 2.86. The summed E-state index contributed by atoms with van der Waals surface area (Å²) in [6, 6.07) is 1.00. The first-order chi connectivity index (χ1) is 4.83. The maximum absolute atomic E-state index is 5.34. The van der Waals surface area contributed by atoms with E-state index in [4.69, 9.17) is 4.74 Å². The average Bonchev–Trinajstić information content (AvgIpc) is 1.88. The molecule has 0 amide bonds. The van der Waals surface area contributed by atoms with Crippen LogP contribution in [0, 0.1) is 0 Å². The molecule has 1 rings (SSSR count). The van der Waals surface area contributed by atoms with Gasteiger partial charge in [0.25, 0.3) is 0 Å². The standard InChI is InChI=1S/C7H16N2O/c1-6-4-10-5-7(9-6)3-8-2/h6-9H,3-5H2,1-2H3. The topological polar surface area (TPSA) is 33.3 Å². The zero-order valence-electron chi connectivity index (χ0n) is 6.68. The van der Waals surface area contributed by atoms with Gasteiger partial charge < -0.3 is 15.4 Å². The van der Waals surface area contributed by atoms with Gasteiger partial charge in [-0.3, -0.25) is 0 Å². The second kappa shape index (κ2) is 3.91. The predicted molar refractivity (Wildman–Crippen MR) is 41.1 cm³/mol. The number of nitrogens with one attached hydrogen (secondary N) is 2. The second-order valence-corrected chi connectivity index (χ2v) is 2.86. The van der Waals surface area contributed by atoms with Crippen LogP contribution in [0.3, 0.4) is 0 Å². The van der Waals surface area contributed by atoms with Crippen LogP contribution in [0.1, 0.15) is 6.92 Å². The molecule has 0 saturated carbocycles. The lowest BCUT2D eigenvalue weighted by Crippen LogP contribution is -2.51. The van der Waals surface area contributed by atoms with E-state index in [1.165, 1.54) is 0 Å². The van der Waals surface area contributed by atoms with E-state index in [2.05, 4.69) is 17.6 Å². The summed E-state index contributed by atoms with van der Waals surface area (Å²) in [4.78, 5) is 0. The summed E-state index contributed by atoms with van der Waals surface area (Å²) in [7, 11) is 1.96. The number of likely N-dealkylation sites (N-methyl/N-ethyl adjacent to an activating group) is 1. The minimum atomic E-state index is 0.494. The molecule has 1 aliphatic heterocycles. The minimum absolute atomic E-state index is 0.494. The lowest BCUT2D eigenvalue weighted by molar-refractivity contribution is 0.0512. The molecule has 2 N–H and O–H groups in total. The molecule has 60 valence electrons. The summed E-state index contributed by atoms with van der Waals surface area (Å²) >= 11 is 0. The van der Waals surface area contributed by atoms with Crippen LogP contribution in [0.25, 0.3) is 0 Å². The molecule has 1 fully saturated rings. The Morgan fingerprint density at radius 2 is 2.40 bits per heavy atom. The first-order valence-corrected chi connectivity index (χ1v) is 3.81. The van der Waals surface area contributed by atoms with Crippen LogP contribution in [0.2, 0.25) is 0 Å². The van der Waals surface area contributed by atoms with E-state index in [9.17, 15) is 0 Å². The molecule has 0 bridgehead atoms. The molecule has 3 heteroatoms. The van der Waals surface area contributed by atoms with Crippen LogP contribution in [-0.2, 0) is 4.74 Å². The van der Waals surface area contributed by atoms with E-state index in [0.29, 0.717) is 12.1 Å². The highest BCUT2D eigenvalue weighted by Crippen LogP contribution is 1.97. The van der Waals surface area contributed by atoms with E-state index in [1.54, 1.807) is 0 Å².